The molecule has 0 amide bonds. The minimum Gasteiger partial charge on any atom is -0.478 e. The summed E-state index contributed by atoms with van der Waals surface area (Å²) in [5.41, 5.74) is 1.02. The maximum Gasteiger partial charge on any atom is 0.328 e. The minimum absolute atomic E-state index is 0. The maximum atomic E-state index is 10.2. The van der Waals surface area contributed by atoms with Crippen molar-refractivity contribution in [2.45, 2.75) is 6.42 Å². The van der Waals surface area contributed by atoms with Gasteiger partial charge in [0.25, 0.3) is 0 Å². The Morgan fingerprint density at radius 3 is 2.73 bits per heavy atom. The van der Waals surface area contributed by atoms with Gasteiger partial charge in [0, 0.05) is 19.2 Å². The van der Waals surface area contributed by atoms with Crippen molar-refractivity contribution in [3.05, 3.63) is 11.6 Å². The SMILES string of the molecule is CN1CC/C(=C\C(=O)O)C1.Cl. The van der Waals surface area contributed by atoms with Gasteiger partial charge < -0.3 is 10.0 Å². The normalized spacial score (nSPS) is 21.7. The molecule has 4 heteroatoms. The number of hydrogen-bond acceptors (Lipinski definition) is 2. The van der Waals surface area contributed by atoms with Crippen LogP contribution in [0.2, 0.25) is 0 Å². The van der Waals surface area contributed by atoms with E-state index in [1.807, 2.05) is 7.05 Å². The van der Waals surface area contributed by atoms with Crippen molar-refractivity contribution < 1.29 is 9.90 Å². The average Bonchev–Trinajstić information content (AvgIpc) is 2.13. The molecule has 1 N–H and O–H groups in total. The lowest BCUT2D eigenvalue weighted by Gasteiger charge is -2.01. The quantitative estimate of drug-likeness (QED) is 0.602. The Hall–Kier alpha value is -0.540. The van der Waals surface area contributed by atoms with Crippen LogP contribution in [0, 0.1) is 0 Å². The van der Waals surface area contributed by atoms with Crippen LogP contribution in [0.25, 0.3) is 0 Å². The highest BCUT2D eigenvalue weighted by Gasteiger charge is 2.12. The molecule has 0 bridgehead atoms. The topological polar surface area (TPSA) is 40.5 Å². The van der Waals surface area contributed by atoms with E-state index < -0.39 is 5.97 Å². The average molecular weight is 178 g/mol. The molecule has 0 spiro atoms. The van der Waals surface area contributed by atoms with E-state index in [1.165, 1.54) is 6.08 Å². The fourth-order valence-electron chi connectivity index (χ4n) is 1.13. The smallest absolute Gasteiger partial charge is 0.328 e. The number of aliphatic carboxylic acids is 1. The first kappa shape index (κ1) is 10.5. The second-order valence-corrected chi connectivity index (χ2v) is 2.63. The summed E-state index contributed by atoms with van der Waals surface area (Å²) in [6.45, 7) is 1.80. The highest BCUT2D eigenvalue weighted by Crippen LogP contribution is 2.11. The van der Waals surface area contributed by atoms with E-state index in [4.69, 9.17) is 5.11 Å². The number of carbonyl (C=O) groups is 1. The summed E-state index contributed by atoms with van der Waals surface area (Å²) in [6.07, 6.45) is 2.21. The van der Waals surface area contributed by atoms with Gasteiger partial charge in [0.05, 0.1) is 0 Å². The van der Waals surface area contributed by atoms with Gasteiger partial charge in [-0.05, 0) is 19.0 Å². The molecule has 1 heterocycles. The largest absolute Gasteiger partial charge is 0.478 e. The predicted molar refractivity (Wildman–Crippen MR) is 45.1 cm³/mol. The summed E-state index contributed by atoms with van der Waals surface area (Å²) >= 11 is 0. The van der Waals surface area contributed by atoms with Crippen LogP contribution < -0.4 is 0 Å². The van der Waals surface area contributed by atoms with Gasteiger partial charge in [-0.3, -0.25) is 0 Å². The molecule has 0 atom stereocenters. The fraction of sp³-hybridized carbons (Fsp3) is 0.571. The number of nitrogens with zero attached hydrogens (tertiary/aromatic N) is 1. The van der Waals surface area contributed by atoms with Crippen LogP contribution in [-0.2, 0) is 4.79 Å². The van der Waals surface area contributed by atoms with Gasteiger partial charge in [-0.25, -0.2) is 4.79 Å². The van der Waals surface area contributed by atoms with Gasteiger partial charge in [0.2, 0.25) is 0 Å². The van der Waals surface area contributed by atoms with Gasteiger partial charge in [0.1, 0.15) is 0 Å². The maximum absolute atomic E-state index is 10.2. The fourth-order valence-corrected chi connectivity index (χ4v) is 1.13. The first-order valence-electron chi connectivity index (χ1n) is 3.29. The molecule has 0 aliphatic carbocycles. The summed E-state index contributed by atoms with van der Waals surface area (Å²) in [5, 5.41) is 8.37. The van der Waals surface area contributed by atoms with Crippen LogP contribution in [0.5, 0.6) is 0 Å². The van der Waals surface area contributed by atoms with E-state index in [1.54, 1.807) is 0 Å². The zero-order chi connectivity index (χ0) is 7.56. The monoisotopic (exact) mass is 177 g/mol. The van der Waals surface area contributed by atoms with E-state index in [-0.39, 0.29) is 12.4 Å². The summed E-state index contributed by atoms with van der Waals surface area (Å²) in [5.74, 6) is -0.828. The molecule has 1 fully saturated rings. The van der Waals surface area contributed by atoms with Crippen LogP contribution >= 0.6 is 12.4 Å². The van der Waals surface area contributed by atoms with E-state index in [0.29, 0.717) is 0 Å². The Morgan fingerprint density at radius 2 is 2.36 bits per heavy atom. The predicted octanol–water partition coefficient (Wildman–Crippen LogP) is 0.755. The third kappa shape index (κ3) is 3.39. The zero-order valence-corrected chi connectivity index (χ0v) is 7.23. The summed E-state index contributed by atoms with van der Waals surface area (Å²) in [4.78, 5) is 12.3. The number of rotatable bonds is 1. The lowest BCUT2D eigenvalue weighted by Crippen LogP contribution is -2.11. The van der Waals surface area contributed by atoms with Gasteiger partial charge in [0.15, 0.2) is 0 Å². The van der Waals surface area contributed by atoms with Gasteiger partial charge in [-0.1, -0.05) is 0 Å². The van der Waals surface area contributed by atoms with E-state index in [9.17, 15) is 4.79 Å². The van der Waals surface area contributed by atoms with E-state index >= 15 is 0 Å². The van der Waals surface area contributed by atoms with Crippen molar-refractivity contribution in [2.75, 3.05) is 20.1 Å². The first-order chi connectivity index (χ1) is 4.68. The molecule has 0 unspecified atom stereocenters. The molecule has 3 nitrogen and oxygen atoms in total. The second kappa shape index (κ2) is 4.36. The molecule has 1 aliphatic heterocycles. The first-order valence-corrected chi connectivity index (χ1v) is 3.29. The van der Waals surface area contributed by atoms with Crippen molar-refractivity contribution in [2.24, 2.45) is 0 Å². The molecule has 0 aromatic carbocycles. The number of carboxylic acid groups (broad SMARTS) is 1. The summed E-state index contributed by atoms with van der Waals surface area (Å²) in [6, 6.07) is 0. The number of halogens is 1. The number of likely N-dealkylation sites (N-methyl/N-ethyl adjacent to an activating group) is 1. The third-order valence-corrected chi connectivity index (χ3v) is 1.62. The van der Waals surface area contributed by atoms with Crippen molar-refractivity contribution >= 4 is 18.4 Å². The molecule has 0 radical (unpaired) electrons. The van der Waals surface area contributed by atoms with Gasteiger partial charge >= 0.3 is 5.97 Å². The zero-order valence-electron chi connectivity index (χ0n) is 6.41. The molecule has 1 aliphatic rings. The summed E-state index contributed by atoms with van der Waals surface area (Å²) in [7, 11) is 1.99. The molecular weight excluding hydrogens is 166 g/mol. The third-order valence-electron chi connectivity index (χ3n) is 1.62. The number of hydrogen-bond donors (Lipinski definition) is 1. The van der Waals surface area contributed by atoms with Crippen LogP contribution in [0.15, 0.2) is 11.6 Å². The van der Waals surface area contributed by atoms with Crippen molar-refractivity contribution in [3.63, 3.8) is 0 Å². The molecular formula is C7H12ClNO2. The lowest BCUT2D eigenvalue weighted by atomic mass is 10.2. The Labute approximate surface area is 72.1 Å². The Kier molecular flexibility index (Phi) is 4.15. The molecule has 0 aromatic rings. The van der Waals surface area contributed by atoms with Crippen LogP contribution in [0.1, 0.15) is 6.42 Å². The molecule has 0 aromatic heterocycles. The van der Waals surface area contributed by atoms with E-state index in [0.717, 1.165) is 25.1 Å². The number of carboxylic acids is 1. The van der Waals surface area contributed by atoms with Crippen LogP contribution in [0.4, 0.5) is 0 Å². The van der Waals surface area contributed by atoms with E-state index in [2.05, 4.69) is 4.90 Å². The highest BCUT2D eigenvalue weighted by atomic mass is 35.5. The van der Waals surface area contributed by atoms with Gasteiger partial charge in [-0.15, -0.1) is 12.4 Å². The molecule has 0 saturated carbocycles. The Bertz CT molecular complexity index is 179. The van der Waals surface area contributed by atoms with Crippen LogP contribution in [0.3, 0.4) is 0 Å². The van der Waals surface area contributed by atoms with Gasteiger partial charge in [-0.2, -0.15) is 0 Å². The Balaban J connectivity index is 0.000001000. The number of likely N-dealkylation sites (tertiary alicyclic amines) is 1. The highest BCUT2D eigenvalue weighted by molar-refractivity contribution is 5.85. The second-order valence-electron chi connectivity index (χ2n) is 2.63. The lowest BCUT2D eigenvalue weighted by molar-refractivity contribution is -0.131. The standard InChI is InChI=1S/C7H11NO2.ClH/c1-8-3-2-6(5-8)4-7(9)10;/h4H,2-3,5H2,1H3,(H,9,10);1H/b6-4+;. The molecule has 1 rings (SSSR count). The summed E-state index contributed by atoms with van der Waals surface area (Å²) < 4.78 is 0. The molecule has 11 heavy (non-hydrogen) atoms. The van der Waals surface area contributed by atoms with Crippen molar-refractivity contribution in [1.29, 1.82) is 0 Å². The van der Waals surface area contributed by atoms with Crippen molar-refractivity contribution in [3.8, 4) is 0 Å². The molecule has 64 valence electrons. The Morgan fingerprint density at radius 1 is 1.73 bits per heavy atom. The van der Waals surface area contributed by atoms with Crippen LogP contribution in [-0.4, -0.2) is 36.1 Å². The van der Waals surface area contributed by atoms with Crippen molar-refractivity contribution in [1.82, 2.24) is 4.90 Å². The minimum atomic E-state index is -0.828. The molecule has 1 saturated heterocycles.